The standard InChI is InChI=1S/C21H27BrClNO3.ClH/c1-3-25-11-5-10-24-14-17-12-19(22)21(20(13-17)26-4-2)27-15-16-6-8-18(23)9-7-16;/h6-9,12-13,24H,3-5,10-11,14-15H2,1-2H3;1H. The SMILES string of the molecule is CCOCCCNCc1cc(Br)c(OCc2ccc(Cl)cc2)c(OCC)c1.Cl. The Morgan fingerprint density at radius 3 is 2.43 bits per heavy atom. The molecule has 0 fully saturated rings. The molecule has 2 aromatic rings. The maximum Gasteiger partial charge on any atom is 0.175 e. The van der Waals surface area contributed by atoms with Crippen molar-refractivity contribution in [3.63, 3.8) is 0 Å². The first-order chi connectivity index (χ1) is 13.1. The molecule has 1 N–H and O–H groups in total. The fourth-order valence-corrected chi connectivity index (χ4v) is 3.27. The van der Waals surface area contributed by atoms with E-state index in [2.05, 4.69) is 27.3 Å². The van der Waals surface area contributed by atoms with Gasteiger partial charge in [0, 0.05) is 24.8 Å². The Bertz CT molecular complexity index is 699. The van der Waals surface area contributed by atoms with E-state index >= 15 is 0 Å². The number of hydrogen-bond acceptors (Lipinski definition) is 4. The fraction of sp³-hybridized carbons (Fsp3) is 0.429. The van der Waals surface area contributed by atoms with E-state index in [0.717, 1.165) is 54.1 Å². The topological polar surface area (TPSA) is 39.7 Å². The van der Waals surface area contributed by atoms with Crippen LogP contribution in [-0.2, 0) is 17.9 Å². The van der Waals surface area contributed by atoms with Crippen LogP contribution >= 0.6 is 39.9 Å². The second-order valence-electron chi connectivity index (χ2n) is 5.98. The highest BCUT2D eigenvalue weighted by molar-refractivity contribution is 9.10. The molecule has 0 heterocycles. The van der Waals surface area contributed by atoms with E-state index in [-0.39, 0.29) is 12.4 Å². The summed E-state index contributed by atoms with van der Waals surface area (Å²) in [4.78, 5) is 0. The van der Waals surface area contributed by atoms with Crippen LogP contribution in [0.5, 0.6) is 11.5 Å². The van der Waals surface area contributed by atoms with Crippen LogP contribution in [0.4, 0.5) is 0 Å². The van der Waals surface area contributed by atoms with Crippen molar-refractivity contribution in [1.29, 1.82) is 0 Å². The maximum atomic E-state index is 6.02. The van der Waals surface area contributed by atoms with Gasteiger partial charge < -0.3 is 19.5 Å². The number of benzene rings is 2. The van der Waals surface area contributed by atoms with Crippen molar-refractivity contribution in [1.82, 2.24) is 5.32 Å². The smallest absolute Gasteiger partial charge is 0.175 e. The molecule has 28 heavy (non-hydrogen) atoms. The molecule has 0 aliphatic heterocycles. The first kappa shape index (κ1) is 25.1. The van der Waals surface area contributed by atoms with Crippen molar-refractivity contribution in [3.8, 4) is 11.5 Å². The number of halogens is 3. The van der Waals surface area contributed by atoms with Gasteiger partial charge in [0.15, 0.2) is 11.5 Å². The summed E-state index contributed by atoms with van der Waals surface area (Å²) in [5.74, 6) is 1.46. The van der Waals surface area contributed by atoms with E-state index in [0.29, 0.717) is 24.0 Å². The van der Waals surface area contributed by atoms with Crippen LogP contribution in [0.15, 0.2) is 40.9 Å². The summed E-state index contributed by atoms with van der Waals surface area (Å²) in [6, 6.07) is 11.7. The highest BCUT2D eigenvalue weighted by Gasteiger charge is 2.12. The van der Waals surface area contributed by atoms with Crippen molar-refractivity contribution < 1.29 is 14.2 Å². The van der Waals surface area contributed by atoms with E-state index in [1.807, 2.05) is 44.2 Å². The molecule has 0 aromatic heterocycles. The minimum Gasteiger partial charge on any atom is -0.490 e. The molecule has 2 aromatic carbocycles. The van der Waals surface area contributed by atoms with Crippen molar-refractivity contribution >= 4 is 39.9 Å². The van der Waals surface area contributed by atoms with Gasteiger partial charge >= 0.3 is 0 Å². The van der Waals surface area contributed by atoms with Crippen molar-refractivity contribution in [2.24, 2.45) is 0 Å². The molecule has 0 unspecified atom stereocenters. The van der Waals surface area contributed by atoms with E-state index in [9.17, 15) is 0 Å². The Hall–Kier alpha value is -0.980. The first-order valence-electron chi connectivity index (χ1n) is 9.25. The zero-order chi connectivity index (χ0) is 19.5. The minimum atomic E-state index is 0. The molecule has 0 spiro atoms. The summed E-state index contributed by atoms with van der Waals surface area (Å²) in [5, 5.41) is 4.15. The lowest BCUT2D eigenvalue weighted by atomic mass is 10.2. The Labute approximate surface area is 187 Å². The first-order valence-corrected chi connectivity index (χ1v) is 10.4. The second kappa shape index (κ2) is 14.1. The second-order valence-corrected chi connectivity index (χ2v) is 7.27. The summed E-state index contributed by atoms with van der Waals surface area (Å²) >= 11 is 9.56. The van der Waals surface area contributed by atoms with Crippen LogP contribution in [0.3, 0.4) is 0 Å². The van der Waals surface area contributed by atoms with Crippen LogP contribution in [0, 0.1) is 0 Å². The van der Waals surface area contributed by atoms with Gasteiger partial charge in [0.1, 0.15) is 6.61 Å². The van der Waals surface area contributed by atoms with Crippen LogP contribution in [0.1, 0.15) is 31.4 Å². The lowest BCUT2D eigenvalue weighted by Gasteiger charge is -2.16. The Morgan fingerprint density at radius 2 is 1.75 bits per heavy atom. The zero-order valence-corrected chi connectivity index (χ0v) is 19.5. The van der Waals surface area contributed by atoms with Gasteiger partial charge in [0.25, 0.3) is 0 Å². The lowest BCUT2D eigenvalue weighted by molar-refractivity contribution is 0.144. The highest BCUT2D eigenvalue weighted by Crippen LogP contribution is 2.37. The molecule has 0 aliphatic rings. The highest BCUT2D eigenvalue weighted by atomic mass is 79.9. The molecule has 0 atom stereocenters. The Balaban J connectivity index is 0.00000392. The third-order valence-electron chi connectivity index (χ3n) is 3.84. The number of nitrogens with one attached hydrogen (secondary N) is 1. The van der Waals surface area contributed by atoms with Crippen molar-refractivity contribution in [2.45, 2.75) is 33.4 Å². The van der Waals surface area contributed by atoms with E-state index in [1.165, 1.54) is 0 Å². The van der Waals surface area contributed by atoms with Gasteiger partial charge in [0.05, 0.1) is 11.1 Å². The van der Waals surface area contributed by atoms with Crippen LogP contribution in [0.2, 0.25) is 5.02 Å². The molecule has 156 valence electrons. The molecule has 0 amide bonds. The predicted octanol–water partition coefficient (Wildman–Crippen LogP) is 6.02. The average molecular weight is 493 g/mol. The lowest BCUT2D eigenvalue weighted by Crippen LogP contribution is -2.16. The number of ether oxygens (including phenoxy) is 3. The molecular weight excluding hydrogens is 465 g/mol. The van der Waals surface area contributed by atoms with Gasteiger partial charge in [-0.2, -0.15) is 0 Å². The van der Waals surface area contributed by atoms with Crippen LogP contribution < -0.4 is 14.8 Å². The minimum absolute atomic E-state index is 0. The summed E-state index contributed by atoms with van der Waals surface area (Å²) in [7, 11) is 0. The van der Waals surface area contributed by atoms with Gasteiger partial charge in [0.2, 0.25) is 0 Å². The van der Waals surface area contributed by atoms with E-state index < -0.39 is 0 Å². The van der Waals surface area contributed by atoms with Gasteiger partial charge in [-0.1, -0.05) is 23.7 Å². The summed E-state index contributed by atoms with van der Waals surface area (Å²) in [6.45, 7) is 8.24. The molecule has 0 saturated carbocycles. The van der Waals surface area contributed by atoms with Gasteiger partial charge in [-0.15, -0.1) is 12.4 Å². The van der Waals surface area contributed by atoms with Gasteiger partial charge in [-0.3, -0.25) is 0 Å². The maximum absolute atomic E-state index is 6.02. The molecule has 0 saturated heterocycles. The van der Waals surface area contributed by atoms with E-state index in [1.54, 1.807) is 0 Å². The van der Waals surface area contributed by atoms with Crippen molar-refractivity contribution in [2.75, 3.05) is 26.4 Å². The van der Waals surface area contributed by atoms with Gasteiger partial charge in [-0.05, 0) is 78.1 Å². The van der Waals surface area contributed by atoms with Crippen LogP contribution in [-0.4, -0.2) is 26.4 Å². The predicted molar refractivity (Wildman–Crippen MR) is 121 cm³/mol. The van der Waals surface area contributed by atoms with Crippen LogP contribution in [0.25, 0.3) is 0 Å². The van der Waals surface area contributed by atoms with Crippen molar-refractivity contribution in [3.05, 3.63) is 57.0 Å². The third-order valence-corrected chi connectivity index (χ3v) is 4.68. The normalized spacial score (nSPS) is 10.4. The Morgan fingerprint density at radius 1 is 1.00 bits per heavy atom. The third kappa shape index (κ3) is 8.58. The summed E-state index contributed by atoms with van der Waals surface area (Å²) < 4.78 is 18.1. The summed E-state index contributed by atoms with van der Waals surface area (Å²) in [6.07, 6.45) is 0.996. The molecular formula is C21H28BrCl2NO3. The Kier molecular flexibility index (Phi) is 12.6. The molecule has 7 heteroatoms. The quantitative estimate of drug-likeness (QED) is 0.368. The fourth-order valence-electron chi connectivity index (χ4n) is 2.54. The summed E-state index contributed by atoms with van der Waals surface area (Å²) in [5.41, 5.74) is 2.19. The molecule has 0 radical (unpaired) electrons. The number of hydrogen-bond donors (Lipinski definition) is 1. The van der Waals surface area contributed by atoms with Gasteiger partial charge in [-0.25, -0.2) is 0 Å². The molecule has 0 bridgehead atoms. The molecule has 2 rings (SSSR count). The molecule has 4 nitrogen and oxygen atoms in total. The zero-order valence-electron chi connectivity index (χ0n) is 16.3. The molecule has 0 aliphatic carbocycles. The van der Waals surface area contributed by atoms with E-state index in [4.69, 9.17) is 25.8 Å². The average Bonchev–Trinajstić information content (AvgIpc) is 2.65. The number of rotatable bonds is 12. The largest absolute Gasteiger partial charge is 0.490 e. The monoisotopic (exact) mass is 491 g/mol.